The van der Waals surface area contributed by atoms with E-state index in [2.05, 4.69) is 25.8 Å². The Labute approximate surface area is 170 Å². The second-order valence-electron chi connectivity index (χ2n) is 6.25. The van der Waals surface area contributed by atoms with Gasteiger partial charge in [0.15, 0.2) is 0 Å². The van der Waals surface area contributed by atoms with Crippen molar-refractivity contribution in [3.05, 3.63) is 70.6 Å². The summed E-state index contributed by atoms with van der Waals surface area (Å²) in [4.78, 5) is 29.7. The van der Waals surface area contributed by atoms with Gasteiger partial charge in [-0.2, -0.15) is 10.2 Å². The molecule has 10 heteroatoms. The first-order valence-electron chi connectivity index (χ1n) is 8.68. The smallest absolute Gasteiger partial charge is 0.266 e. The number of aromatic nitrogens is 5. The second kappa shape index (κ2) is 7.68. The normalized spacial score (nSPS) is 10.7. The van der Waals surface area contributed by atoms with Crippen LogP contribution in [0.1, 0.15) is 25.0 Å². The predicted octanol–water partition coefficient (Wildman–Crippen LogP) is 2.88. The van der Waals surface area contributed by atoms with Crippen LogP contribution in [-0.2, 0) is 7.05 Å². The first-order valence-corrected chi connectivity index (χ1v) is 9.49. The topological polar surface area (TPSA) is 107 Å². The van der Waals surface area contributed by atoms with Crippen LogP contribution in [0, 0.1) is 6.92 Å². The molecule has 4 rings (SSSR count). The van der Waals surface area contributed by atoms with Crippen molar-refractivity contribution in [3.63, 3.8) is 0 Å². The summed E-state index contributed by atoms with van der Waals surface area (Å²) in [6.07, 6.45) is 3.05. The fourth-order valence-corrected chi connectivity index (χ4v) is 3.52. The van der Waals surface area contributed by atoms with Crippen molar-refractivity contribution in [2.75, 3.05) is 10.6 Å². The zero-order valence-corrected chi connectivity index (χ0v) is 16.5. The lowest BCUT2D eigenvalue weighted by atomic mass is 10.2. The van der Waals surface area contributed by atoms with Crippen LogP contribution in [0.25, 0.3) is 5.69 Å². The van der Waals surface area contributed by atoms with Crippen LogP contribution in [-0.4, -0.2) is 36.4 Å². The minimum atomic E-state index is -0.283. The minimum absolute atomic E-state index is 0.279. The number of hydrogen-bond acceptors (Lipinski definition) is 6. The molecule has 0 bridgehead atoms. The molecule has 1 aromatic carbocycles. The molecule has 2 amide bonds. The second-order valence-corrected chi connectivity index (χ2v) is 7.34. The average molecular weight is 407 g/mol. The third kappa shape index (κ3) is 4.06. The van der Waals surface area contributed by atoms with Gasteiger partial charge >= 0.3 is 0 Å². The number of carbonyl (C=O) groups excluding carboxylic acids is 2. The maximum Gasteiger partial charge on any atom is 0.266 e. The first-order chi connectivity index (χ1) is 14.0. The van der Waals surface area contributed by atoms with Crippen LogP contribution in [0.5, 0.6) is 0 Å². The largest absolute Gasteiger partial charge is 0.321 e. The third-order valence-electron chi connectivity index (χ3n) is 4.11. The number of benzene rings is 1. The quantitative estimate of drug-likeness (QED) is 0.529. The predicted molar refractivity (Wildman–Crippen MR) is 110 cm³/mol. The lowest BCUT2D eigenvalue weighted by Gasteiger charge is -2.05. The maximum atomic E-state index is 12.5. The molecular weight excluding hydrogens is 390 g/mol. The van der Waals surface area contributed by atoms with E-state index in [1.807, 2.05) is 19.1 Å². The van der Waals surface area contributed by atoms with Crippen LogP contribution in [0.15, 0.2) is 55.1 Å². The van der Waals surface area contributed by atoms with E-state index in [1.165, 1.54) is 6.33 Å². The first kappa shape index (κ1) is 18.6. The van der Waals surface area contributed by atoms with Gasteiger partial charge in [-0.15, -0.1) is 11.3 Å². The highest BCUT2D eigenvalue weighted by Crippen LogP contribution is 2.21. The highest BCUT2D eigenvalue weighted by Gasteiger charge is 2.15. The summed E-state index contributed by atoms with van der Waals surface area (Å²) < 4.78 is 3.22. The summed E-state index contributed by atoms with van der Waals surface area (Å²) in [6.45, 7) is 1.85. The molecule has 0 aliphatic rings. The van der Waals surface area contributed by atoms with Crippen molar-refractivity contribution in [3.8, 4) is 5.69 Å². The molecule has 29 heavy (non-hydrogen) atoms. The van der Waals surface area contributed by atoms with Crippen molar-refractivity contribution >= 4 is 34.7 Å². The van der Waals surface area contributed by atoms with Crippen molar-refractivity contribution in [1.82, 2.24) is 24.5 Å². The lowest BCUT2D eigenvalue weighted by molar-refractivity contribution is 0.102. The molecule has 9 nitrogen and oxygen atoms in total. The highest BCUT2D eigenvalue weighted by atomic mass is 32.1. The number of amides is 2. The molecule has 0 saturated heterocycles. The zero-order chi connectivity index (χ0) is 20.4. The molecule has 0 radical (unpaired) electrons. The molecule has 3 aromatic heterocycles. The summed E-state index contributed by atoms with van der Waals surface area (Å²) in [5, 5.41) is 13.9. The van der Waals surface area contributed by atoms with E-state index in [0.29, 0.717) is 21.3 Å². The number of rotatable bonds is 5. The summed E-state index contributed by atoms with van der Waals surface area (Å²) in [7, 11) is 1.75. The molecule has 2 N–H and O–H groups in total. The van der Waals surface area contributed by atoms with Gasteiger partial charge in [0, 0.05) is 18.8 Å². The van der Waals surface area contributed by atoms with Gasteiger partial charge in [0.1, 0.15) is 18.5 Å². The highest BCUT2D eigenvalue weighted by molar-refractivity contribution is 7.16. The van der Waals surface area contributed by atoms with E-state index in [0.717, 1.165) is 22.7 Å². The van der Waals surface area contributed by atoms with E-state index in [9.17, 15) is 9.59 Å². The molecule has 0 aliphatic carbocycles. The molecule has 0 aliphatic heterocycles. The summed E-state index contributed by atoms with van der Waals surface area (Å²) in [5.74, 6) is 0.0348. The third-order valence-corrected chi connectivity index (χ3v) is 5.19. The van der Waals surface area contributed by atoms with Gasteiger partial charge in [-0.05, 0) is 43.3 Å². The molecule has 3 heterocycles. The van der Waals surface area contributed by atoms with E-state index < -0.39 is 0 Å². The molecule has 0 fully saturated rings. The molecule has 0 spiro atoms. The van der Waals surface area contributed by atoms with E-state index in [4.69, 9.17) is 0 Å². The van der Waals surface area contributed by atoms with Gasteiger partial charge in [-0.25, -0.2) is 9.67 Å². The minimum Gasteiger partial charge on any atom is -0.321 e. The van der Waals surface area contributed by atoms with Gasteiger partial charge in [0.2, 0.25) is 0 Å². The van der Waals surface area contributed by atoms with Gasteiger partial charge in [0.25, 0.3) is 11.8 Å². The van der Waals surface area contributed by atoms with Crippen molar-refractivity contribution < 1.29 is 9.59 Å². The van der Waals surface area contributed by atoms with Crippen LogP contribution in [0.4, 0.5) is 11.5 Å². The van der Waals surface area contributed by atoms with E-state index >= 15 is 0 Å². The summed E-state index contributed by atoms with van der Waals surface area (Å²) >= 11 is 1.13. The SMILES string of the molecule is Cc1cc(NC(=O)c2ccc(C(=O)Nc3ccc(-n4cncn4)cc3)s2)n(C)n1. The van der Waals surface area contributed by atoms with Crippen LogP contribution < -0.4 is 10.6 Å². The molecule has 0 saturated carbocycles. The van der Waals surface area contributed by atoms with Crippen LogP contribution in [0.2, 0.25) is 0 Å². The van der Waals surface area contributed by atoms with Crippen molar-refractivity contribution in [2.45, 2.75) is 6.92 Å². The van der Waals surface area contributed by atoms with Gasteiger partial charge in [-0.3, -0.25) is 14.3 Å². The Bertz CT molecular complexity index is 1160. The number of thiophene rings is 1. The van der Waals surface area contributed by atoms with E-state index in [1.54, 1.807) is 53.1 Å². The Morgan fingerprint density at radius 2 is 1.69 bits per heavy atom. The lowest BCUT2D eigenvalue weighted by Crippen LogP contribution is -2.13. The summed E-state index contributed by atoms with van der Waals surface area (Å²) in [6, 6.07) is 12.3. The van der Waals surface area contributed by atoms with E-state index in [-0.39, 0.29) is 11.8 Å². The molecule has 0 unspecified atom stereocenters. The Morgan fingerprint density at radius 3 is 2.28 bits per heavy atom. The van der Waals surface area contributed by atoms with Gasteiger partial charge in [0.05, 0.1) is 21.1 Å². The molecular formula is C19H17N7O2S. The molecule has 0 atom stereocenters. The Morgan fingerprint density at radius 1 is 1.00 bits per heavy atom. The fraction of sp³-hybridized carbons (Fsp3) is 0.105. The van der Waals surface area contributed by atoms with Gasteiger partial charge in [-0.1, -0.05) is 0 Å². The Hall–Kier alpha value is -3.79. The van der Waals surface area contributed by atoms with Crippen molar-refractivity contribution in [2.24, 2.45) is 7.05 Å². The zero-order valence-electron chi connectivity index (χ0n) is 15.7. The molecule has 4 aromatic rings. The number of carbonyl (C=O) groups is 2. The van der Waals surface area contributed by atoms with Gasteiger partial charge < -0.3 is 10.6 Å². The standard InChI is InChI=1S/C19H17N7O2S/c1-12-9-17(25(2)24-12)23-19(28)16-8-7-15(29-16)18(27)22-13-3-5-14(6-4-13)26-11-20-10-21-26/h3-11H,1-2H3,(H,22,27)(H,23,28). The number of anilines is 2. The molecule has 146 valence electrons. The van der Waals surface area contributed by atoms with Crippen LogP contribution in [0.3, 0.4) is 0 Å². The van der Waals surface area contributed by atoms with Crippen LogP contribution >= 0.6 is 11.3 Å². The Balaban J connectivity index is 1.41. The van der Waals surface area contributed by atoms with Crippen molar-refractivity contribution in [1.29, 1.82) is 0 Å². The fourth-order valence-electron chi connectivity index (χ4n) is 2.72. The number of hydrogen-bond donors (Lipinski definition) is 2. The Kier molecular flexibility index (Phi) is 4.92. The average Bonchev–Trinajstić information content (AvgIpc) is 3.44. The maximum absolute atomic E-state index is 12.5. The monoisotopic (exact) mass is 407 g/mol. The summed E-state index contributed by atoms with van der Waals surface area (Å²) in [5.41, 5.74) is 2.29. The number of nitrogens with zero attached hydrogens (tertiary/aromatic N) is 5. The number of nitrogens with one attached hydrogen (secondary N) is 2. The number of aryl methyl sites for hydroxylation is 2.